The molecule has 1 atom stereocenters. The second-order valence-electron chi connectivity index (χ2n) is 4.29. The Kier molecular flexibility index (Phi) is 5.32. The zero-order chi connectivity index (χ0) is 14.4. The lowest BCUT2D eigenvalue weighted by Gasteiger charge is -2.20. The van der Waals surface area contributed by atoms with Crippen molar-refractivity contribution in [3.8, 4) is 0 Å². The number of benzene rings is 2. The highest BCUT2D eigenvalue weighted by molar-refractivity contribution is 9.10. The van der Waals surface area contributed by atoms with E-state index in [-0.39, 0.29) is 6.61 Å². The van der Waals surface area contributed by atoms with Gasteiger partial charge in [0.05, 0.1) is 6.61 Å². The Morgan fingerprint density at radius 3 is 1.85 bits per heavy atom. The summed E-state index contributed by atoms with van der Waals surface area (Å²) >= 11 is 3.09. The maximum atomic E-state index is 11.9. The van der Waals surface area contributed by atoms with Gasteiger partial charge in [-0.15, -0.1) is 0 Å². The first-order valence-electron chi connectivity index (χ1n) is 6.27. The molecule has 20 heavy (non-hydrogen) atoms. The summed E-state index contributed by atoms with van der Waals surface area (Å²) in [4.78, 5) is 11.2. The predicted octanol–water partition coefficient (Wildman–Crippen LogP) is 3.08. The molecule has 0 saturated carbocycles. The van der Waals surface area contributed by atoms with Crippen LogP contribution in [0.1, 0.15) is 17.2 Å². The van der Waals surface area contributed by atoms with Crippen LogP contribution in [0.15, 0.2) is 60.7 Å². The van der Waals surface area contributed by atoms with Gasteiger partial charge in [0, 0.05) is 0 Å². The SMILES string of the molecule is O=C(OC(c1ccccc1)c1ccccc1)C(Br)CO. The van der Waals surface area contributed by atoms with Crippen LogP contribution >= 0.6 is 15.9 Å². The van der Waals surface area contributed by atoms with E-state index in [1.807, 2.05) is 60.7 Å². The van der Waals surface area contributed by atoms with Crippen molar-refractivity contribution in [3.63, 3.8) is 0 Å². The van der Waals surface area contributed by atoms with E-state index < -0.39 is 16.9 Å². The number of hydrogen-bond donors (Lipinski definition) is 1. The van der Waals surface area contributed by atoms with E-state index in [4.69, 9.17) is 9.84 Å². The molecule has 0 radical (unpaired) electrons. The molecule has 2 rings (SSSR count). The Hall–Kier alpha value is -1.65. The quantitative estimate of drug-likeness (QED) is 0.675. The van der Waals surface area contributed by atoms with E-state index in [9.17, 15) is 4.79 Å². The van der Waals surface area contributed by atoms with Gasteiger partial charge < -0.3 is 9.84 Å². The van der Waals surface area contributed by atoms with Gasteiger partial charge >= 0.3 is 5.97 Å². The van der Waals surface area contributed by atoms with E-state index >= 15 is 0 Å². The van der Waals surface area contributed by atoms with Crippen LogP contribution in [0.25, 0.3) is 0 Å². The van der Waals surface area contributed by atoms with E-state index in [0.717, 1.165) is 11.1 Å². The fraction of sp³-hybridized carbons (Fsp3) is 0.188. The number of alkyl halides is 1. The summed E-state index contributed by atoms with van der Waals surface area (Å²) in [6.45, 7) is -0.296. The van der Waals surface area contributed by atoms with Gasteiger partial charge in [0.25, 0.3) is 0 Å². The lowest BCUT2D eigenvalue weighted by molar-refractivity contribution is -0.147. The van der Waals surface area contributed by atoms with Crippen molar-refractivity contribution in [1.29, 1.82) is 0 Å². The molecule has 2 aromatic carbocycles. The van der Waals surface area contributed by atoms with Crippen LogP contribution in [0.2, 0.25) is 0 Å². The molecular formula is C16H15BrO3. The molecule has 1 unspecified atom stereocenters. The van der Waals surface area contributed by atoms with E-state index in [1.54, 1.807) is 0 Å². The van der Waals surface area contributed by atoms with Crippen LogP contribution in [0, 0.1) is 0 Å². The summed E-state index contributed by atoms with van der Waals surface area (Å²) in [5.74, 6) is -0.481. The highest BCUT2D eigenvalue weighted by atomic mass is 79.9. The molecule has 0 aromatic heterocycles. The van der Waals surface area contributed by atoms with Crippen LogP contribution in [0.4, 0.5) is 0 Å². The molecular weight excluding hydrogens is 320 g/mol. The molecule has 2 aromatic rings. The Morgan fingerprint density at radius 1 is 1.00 bits per heavy atom. The van der Waals surface area contributed by atoms with Crippen LogP contribution < -0.4 is 0 Å². The maximum Gasteiger partial charge on any atom is 0.323 e. The molecule has 0 heterocycles. The molecule has 3 nitrogen and oxygen atoms in total. The molecule has 0 bridgehead atoms. The Bertz CT molecular complexity index is 503. The zero-order valence-electron chi connectivity index (χ0n) is 10.8. The molecule has 104 valence electrons. The number of carbonyl (C=O) groups excluding carboxylic acids is 1. The predicted molar refractivity (Wildman–Crippen MR) is 80.6 cm³/mol. The van der Waals surface area contributed by atoms with Crippen LogP contribution in [-0.2, 0) is 9.53 Å². The van der Waals surface area contributed by atoms with Crippen molar-refractivity contribution in [1.82, 2.24) is 0 Å². The van der Waals surface area contributed by atoms with Crippen LogP contribution in [0.3, 0.4) is 0 Å². The number of esters is 1. The summed E-state index contributed by atoms with van der Waals surface area (Å²) in [6.07, 6.45) is -0.475. The van der Waals surface area contributed by atoms with Crippen LogP contribution in [0.5, 0.6) is 0 Å². The lowest BCUT2D eigenvalue weighted by atomic mass is 10.0. The molecule has 0 amide bonds. The fourth-order valence-corrected chi connectivity index (χ4v) is 1.96. The Balaban J connectivity index is 2.28. The second kappa shape index (κ2) is 7.22. The minimum absolute atomic E-state index is 0.296. The topological polar surface area (TPSA) is 46.5 Å². The molecule has 0 fully saturated rings. The van der Waals surface area contributed by atoms with Gasteiger partial charge in [-0.1, -0.05) is 76.6 Å². The number of aliphatic hydroxyl groups excluding tert-OH is 1. The highest BCUT2D eigenvalue weighted by Gasteiger charge is 2.23. The second-order valence-corrected chi connectivity index (χ2v) is 5.39. The normalized spacial score (nSPS) is 12.2. The zero-order valence-corrected chi connectivity index (χ0v) is 12.4. The summed E-state index contributed by atoms with van der Waals surface area (Å²) in [5.41, 5.74) is 1.79. The van der Waals surface area contributed by atoms with Crippen LogP contribution in [-0.4, -0.2) is 22.5 Å². The number of ether oxygens (including phenoxy) is 1. The number of rotatable bonds is 5. The van der Waals surface area contributed by atoms with Gasteiger partial charge in [-0.3, -0.25) is 4.79 Å². The number of aliphatic hydroxyl groups is 1. The summed E-state index contributed by atoms with van der Waals surface area (Å²) in [7, 11) is 0. The average molecular weight is 335 g/mol. The third-order valence-electron chi connectivity index (χ3n) is 2.85. The largest absolute Gasteiger partial charge is 0.452 e. The number of carbonyl (C=O) groups is 1. The number of hydrogen-bond acceptors (Lipinski definition) is 3. The van der Waals surface area contributed by atoms with E-state index in [2.05, 4.69) is 15.9 Å². The van der Waals surface area contributed by atoms with Gasteiger partial charge in [-0.25, -0.2) is 0 Å². The van der Waals surface area contributed by atoms with Crippen molar-refractivity contribution in [3.05, 3.63) is 71.8 Å². The molecule has 0 aliphatic rings. The lowest BCUT2D eigenvalue weighted by Crippen LogP contribution is -2.23. The molecule has 1 N–H and O–H groups in total. The summed E-state index contributed by atoms with van der Waals surface area (Å²) in [6, 6.07) is 19.1. The molecule has 0 saturated heterocycles. The van der Waals surface area contributed by atoms with Crippen molar-refractivity contribution in [2.45, 2.75) is 10.9 Å². The summed E-state index contributed by atoms with van der Waals surface area (Å²) in [5, 5.41) is 9.01. The van der Waals surface area contributed by atoms with Crippen molar-refractivity contribution in [2.24, 2.45) is 0 Å². The molecule has 4 heteroatoms. The summed E-state index contributed by atoms with van der Waals surface area (Å²) < 4.78 is 5.53. The molecule has 0 spiro atoms. The minimum Gasteiger partial charge on any atom is -0.452 e. The molecule has 0 aliphatic heterocycles. The first-order valence-corrected chi connectivity index (χ1v) is 7.19. The van der Waals surface area contributed by atoms with Gasteiger partial charge in [0.2, 0.25) is 0 Å². The Labute approximate surface area is 126 Å². The van der Waals surface area contributed by atoms with Crippen molar-refractivity contribution < 1.29 is 14.6 Å². The monoisotopic (exact) mass is 334 g/mol. The fourth-order valence-electron chi connectivity index (χ4n) is 1.85. The highest BCUT2D eigenvalue weighted by Crippen LogP contribution is 2.26. The van der Waals surface area contributed by atoms with E-state index in [1.165, 1.54) is 0 Å². The van der Waals surface area contributed by atoms with Crippen molar-refractivity contribution in [2.75, 3.05) is 6.61 Å². The Morgan fingerprint density at radius 2 is 1.45 bits per heavy atom. The smallest absolute Gasteiger partial charge is 0.323 e. The average Bonchev–Trinajstić information content (AvgIpc) is 2.53. The standard InChI is InChI=1S/C16H15BrO3/c17-14(11-18)16(19)20-15(12-7-3-1-4-8-12)13-9-5-2-6-10-13/h1-10,14-15,18H,11H2. The first kappa shape index (κ1) is 14.8. The number of halogens is 1. The van der Waals surface area contributed by atoms with Gasteiger partial charge in [-0.2, -0.15) is 0 Å². The maximum absolute atomic E-state index is 11.9. The molecule has 0 aliphatic carbocycles. The first-order chi connectivity index (χ1) is 9.72. The van der Waals surface area contributed by atoms with E-state index in [0.29, 0.717) is 0 Å². The minimum atomic E-state index is -0.711. The third-order valence-corrected chi connectivity index (χ3v) is 3.52. The third kappa shape index (κ3) is 3.68. The van der Waals surface area contributed by atoms with Crippen molar-refractivity contribution >= 4 is 21.9 Å². The van der Waals surface area contributed by atoms with Gasteiger partial charge in [-0.05, 0) is 11.1 Å². The van der Waals surface area contributed by atoms with Gasteiger partial charge in [0.15, 0.2) is 6.10 Å². The van der Waals surface area contributed by atoms with Gasteiger partial charge in [0.1, 0.15) is 4.83 Å².